The molecule has 2 nitrogen and oxygen atoms in total. The van der Waals surface area contributed by atoms with Crippen molar-refractivity contribution in [3.05, 3.63) is 35.4 Å². The van der Waals surface area contributed by atoms with Crippen molar-refractivity contribution in [2.45, 2.75) is 57.2 Å². The number of benzene rings is 1. The Morgan fingerprint density at radius 3 is 2.35 bits per heavy atom. The first-order chi connectivity index (χ1) is 9.61. The van der Waals surface area contributed by atoms with Gasteiger partial charge in [-0.15, -0.1) is 0 Å². The topological polar surface area (TPSA) is 32.3 Å². The zero-order valence-corrected chi connectivity index (χ0v) is 12.3. The third kappa shape index (κ3) is 2.19. The summed E-state index contributed by atoms with van der Waals surface area (Å²) in [5, 5.41) is 14.4. The molecule has 0 aliphatic heterocycles. The molecule has 20 heavy (non-hydrogen) atoms. The second-order valence-corrected chi connectivity index (χ2v) is 7.59. The fraction of sp³-hybridized carbons (Fsp3) is 0.667. The Labute approximate surface area is 121 Å². The van der Waals surface area contributed by atoms with Crippen molar-refractivity contribution in [1.82, 2.24) is 5.32 Å². The fourth-order valence-electron chi connectivity index (χ4n) is 5.26. The van der Waals surface area contributed by atoms with Crippen LogP contribution in [0.1, 0.15) is 43.2 Å². The highest BCUT2D eigenvalue weighted by Gasteiger charge is 2.54. The zero-order valence-electron chi connectivity index (χ0n) is 12.3. The first-order valence-electron chi connectivity index (χ1n) is 8.13. The van der Waals surface area contributed by atoms with Crippen LogP contribution in [-0.4, -0.2) is 16.7 Å². The molecule has 5 rings (SSSR count). The Hall–Kier alpha value is -0.860. The summed E-state index contributed by atoms with van der Waals surface area (Å²) in [7, 11) is 0. The third-order valence-electron chi connectivity index (χ3n) is 5.90. The number of aryl methyl sites for hydroxylation is 1. The summed E-state index contributed by atoms with van der Waals surface area (Å²) in [6, 6.07) is 9.47. The van der Waals surface area contributed by atoms with Crippen molar-refractivity contribution in [2.24, 2.45) is 17.8 Å². The van der Waals surface area contributed by atoms with E-state index in [4.69, 9.17) is 0 Å². The van der Waals surface area contributed by atoms with E-state index >= 15 is 0 Å². The molecule has 0 spiro atoms. The van der Waals surface area contributed by atoms with E-state index in [1.165, 1.54) is 24.0 Å². The molecular weight excluding hydrogens is 246 g/mol. The van der Waals surface area contributed by atoms with Crippen LogP contribution in [0.5, 0.6) is 0 Å². The summed E-state index contributed by atoms with van der Waals surface area (Å²) in [5.74, 6) is 2.21. The Kier molecular flexibility index (Phi) is 2.94. The molecule has 0 aromatic heterocycles. The lowest BCUT2D eigenvalue weighted by molar-refractivity contribution is -0.138. The number of aliphatic hydroxyl groups is 1. The quantitative estimate of drug-likeness (QED) is 0.885. The first kappa shape index (κ1) is 12.8. The van der Waals surface area contributed by atoms with Gasteiger partial charge < -0.3 is 10.4 Å². The van der Waals surface area contributed by atoms with Crippen LogP contribution in [0.2, 0.25) is 0 Å². The molecule has 4 saturated carbocycles. The van der Waals surface area contributed by atoms with Crippen LogP contribution in [0, 0.1) is 24.7 Å². The predicted octanol–water partition coefficient (Wildman–Crippen LogP) is 3.02. The van der Waals surface area contributed by atoms with E-state index < -0.39 is 0 Å². The monoisotopic (exact) mass is 271 g/mol. The summed E-state index contributed by atoms with van der Waals surface area (Å²) >= 11 is 0. The SMILES string of the molecule is Cc1ccc(CNC2C3CC4CC2CC(O)(C4)C3)cc1. The zero-order chi connectivity index (χ0) is 13.7. The highest BCUT2D eigenvalue weighted by Crippen LogP contribution is 2.55. The summed E-state index contributed by atoms with van der Waals surface area (Å²) < 4.78 is 0. The van der Waals surface area contributed by atoms with E-state index in [1.807, 2.05) is 0 Å². The van der Waals surface area contributed by atoms with Crippen molar-refractivity contribution in [3.63, 3.8) is 0 Å². The number of hydrogen-bond donors (Lipinski definition) is 2. The molecule has 0 saturated heterocycles. The summed E-state index contributed by atoms with van der Waals surface area (Å²) in [6.45, 7) is 3.11. The molecule has 0 heterocycles. The Bertz CT molecular complexity index is 479. The van der Waals surface area contributed by atoms with E-state index in [-0.39, 0.29) is 5.60 Å². The number of rotatable bonds is 3. The van der Waals surface area contributed by atoms with Gasteiger partial charge in [0.1, 0.15) is 0 Å². The van der Waals surface area contributed by atoms with Gasteiger partial charge >= 0.3 is 0 Å². The third-order valence-corrected chi connectivity index (χ3v) is 5.90. The van der Waals surface area contributed by atoms with Crippen LogP contribution in [0.4, 0.5) is 0 Å². The minimum atomic E-state index is -0.307. The second kappa shape index (κ2) is 4.57. The molecule has 4 aliphatic rings. The lowest BCUT2D eigenvalue weighted by atomic mass is 9.52. The van der Waals surface area contributed by atoms with Crippen LogP contribution in [0.3, 0.4) is 0 Å². The number of hydrogen-bond acceptors (Lipinski definition) is 2. The second-order valence-electron chi connectivity index (χ2n) is 7.59. The fourth-order valence-corrected chi connectivity index (χ4v) is 5.26. The molecule has 2 heteroatoms. The molecule has 4 aliphatic carbocycles. The van der Waals surface area contributed by atoms with Crippen LogP contribution < -0.4 is 5.32 Å². The minimum absolute atomic E-state index is 0.307. The van der Waals surface area contributed by atoms with E-state index in [0.29, 0.717) is 17.9 Å². The molecule has 0 radical (unpaired) electrons. The van der Waals surface area contributed by atoms with E-state index in [0.717, 1.165) is 31.7 Å². The Morgan fingerprint density at radius 2 is 1.75 bits per heavy atom. The summed E-state index contributed by atoms with van der Waals surface area (Å²) in [6.07, 6.45) is 5.82. The van der Waals surface area contributed by atoms with Gasteiger partial charge in [0.25, 0.3) is 0 Å². The average Bonchev–Trinajstić information content (AvgIpc) is 2.38. The van der Waals surface area contributed by atoms with Gasteiger partial charge in [0, 0.05) is 12.6 Å². The van der Waals surface area contributed by atoms with Crippen LogP contribution in [-0.2, 0) is 6.54 Å². The van der Waals surface area contributed by atoms with Crippen molar-refractivity contribution in [3.8, 4) is 0 Å². The van der Waals surface area contributed by atoms with Gasteiger partial charge in [-0.3, -0.25) is 0 Å². The molecule has 4 fully saturated rings. The minimum Gasteiger partial charge on any atom is -0.390 e. The molecule has 108 valence electrons. The standard InChI is InChI=1S/C18H25NO/c1-12-2-4-13(5-3-12)11-19-17-15-6-14-7-16(17)10-18(20,8-14)9-15/h2-5,14-17,19-20H,6-11H2,1H3. The smallest absolute Gasteiger partial charge is 0.0657 e. The molecule has 2 N–H and O–H groups in total. The first-order valence-corrected chi connectivity index (χ1v) is 8.13. The average molecular weight is 271 g/mol. The lowest BCUT2D eigenvalue weighted by Crippen LogP contribution is -2.60. The van der Waals surface area contributed by atoms with Crippen molar-refractivity contribution in [1.29, 1.82) is 0 Å². The lowest BCUT2D eigenvalue weighted by Gasteiger charge is -2.58. The molecule has 4 bridgehead atoms. The van der Waals surface area contributed by atoms with Crippen molar-refractivity contribution in [2.75, 3.05) is 0 Å². The number of nitrogens with one attached hydrogen (secondary N) is 1. The summed E-state index contributed by atoms with van der Waals surface area (Å²) in [5.41, 5.74) is 2.40. The van der Waals surface area contributed by atoms with Crippen molar-refractivity contribution >= 4 is 0 Å². The van der Waals surface area contributed by atoms with Gasteiger partial charge in [0.05, 0.1) is 5.60 Å². The highest BCUT2D eigenvalue weighted by atomic mass is 16.3. The normalized spacial score (nSPS) is 42.1. The van der Waals surface area contributed by atoms with Gasteiger partial charge in [-0.1, -0.05) is 29.8 Å². The molecule has 0 amide bonds. The Morgan fingerprint density at radius 1 is 1.10 bits per heavy atom. The van der Waals surface area contributed by atoms with E-state index in [9.17, 15) is 5.11 Å². The van der Waals surface area contributed by atoms with Crippen molar-refractivity contribution < 1.29 is 5.11 Å². The van der Waals surface area contributed by atoms with Gasteiger partial charge in [0.15, 0.2) is 0 Å². The molecule has 2 unspecified atom stereocenters. The van der Waals surface area contributed by atoms with E-state index in [1.54, 1.807) is 0 Å². The Balaban J connectivity index is 1.44. The maximum Gasteiger partial charge on any atom is 0.0657 e. The van der Waals surface area contributed by atoms with Gasteiger partial charge in [0.2, 0.25) is 0 Å². The largest absolute Gasteiger partial charge is 0.390 e. The molecule has 1 aromatic rings. The van der Waals surface area contributed by atoms with Gasteiger partial charge in [-0.2, -0.15) is 0 Å². The maximum atomic E-state index is 10.6. The van der Waals surface area contributed by atoms with E-state index in [2.05, 4.69) is 36.5 Å². The molecule has 2 atom stereocenters. The maximum absolute atomic E-state index is 10.6. The predicted molar refractivity (Wildman–Crippen MR) is 80.3 cm³/mol. The summed E-state index contributed by atoms with van der Waals surface area (Å²) in [4.78, 5) is 0. The molecular formula is C18H25NO. The molecule has 1 aromatic carbocycles. The van der Waals surface area contributed by atoms with Gasteiger partial charge in [-0.05, 0) is 62.3 Å². The van der Waals surface area contributed by atoms with Crippen LogP contribution in [0.15, 0.2) is 24.3 Å². The van der Waals surface area contributed by atoms with Crippen LogP contribution >= 0.6 is 0 Å². The highest BCUT2D eigenvalue weighted by molar-refractivity contribution is 5.21. The van der Waals surface area contributed by atoms with Gasteiger partial charge in [-0.25, -0.2) is 0 Å². The van der Waals surface area contributed by atoms with Crippen LogP contribution in [0.25, 0.3) is 0 Å².